The van der Waals surface area contributed by atoms with Gasteiger partial charge in [0.2, 0.25) is 5.91 Å². The number of hydrogen-bond acceptors (Lipinski definition) is 3. The summed E-state index contributed by atoms with van der Waals surface area (Å²) in [4.78, 5) is 15.1. The summed E-state index contributed by atoms with van der Waals surface area (Å²) in [6.07, 6.45) is 5.44. The molecule has 0 aromatic rings. The van der Waals surface area contributed by atoms with Crippen molar-refractivity contribution in [2.45, 2.75) is 39.0 Å². The summed E-state index contributed by atoms with van der Waals surface area (Å²) in [5.74, 6) is 1.04. The largest absolute Gasteiger partial charge is 0.384 e. The Morgan fingerprint density at radius 1 is 1.40 bits per heavy atom. The summed E-state index contributed by atoms with van der Waals surface area (Å²) < 4.78 is 5.37. The van der Waals surface area contributed by atoms with Gasteiger partial charge in [-0.05, 0) is 44.7 Å². The third-order valence-electron chi connectivity index (χ3n) is 4.82. The highest BCUT2D eigenvalue weighted by atomic mass is 35.5. The van der Waals surface area contributed by atoms with Gasteiger partial charge in [-0.25, -0.2) is 0 Å². The molecule has 0 radical (unpaired) electrons. The molecule has 2 heterocycles. The summed E-state index contributed by atoms with van der Waals surface area (Å²) in [5.41, 5.74) is -0.268. The van der Waals surface area contributed by atoms with Crippen molar-refractivity contribution in [3.63, 3.8) is 0 Å². The highest BCUT2D eigenvalue weighted by Gasteiger charge is 2.42. The van der Waals surface area contributed by atoms with E-state index in [4.69, 9.17) is 4.74 Å². The first kappa shape index (κ1) is 17.7. The van der Waals surface area contributed by atoms with Crippen molar-refractivity contribution in [1.29, 1.82) is 0 Å². The average Bonchev–Trinajstić information content (AvgIpc) is 2.48. The Balaban J connectivity index is 0.00000200. The molecule has 2 fully saturated rings. The molecule has 5 heteroatoms. The van der Waals surface area contributed by atoms with E-state index in [1.54, 1.807) is 7.11 Å². The predicted octanol–water partition coefficient (Wildman–Crippen LogP) is 2.07. The van der Waals surface area contributed by atoms with E-state index in [1.165, 1.54) is 12.8 Å². The van der Waals surface area contributed by atoms with Gasteiger partial charge < -0.3 is 15.0 Å². The van der Waals surface area contributed by atoms with Crippen molar-refractivity contribution in [2.75, 3.05) is 39.9 Å². The molecule has 0 bridgehead atoms. The van der Waals surface area contributed by atoms with E-state index < -0.39 is 0 Å². The lowest BCUT2D eigenvalue weighted by molar-refractivity contribution is -0.149. The highest BCUT2D eigenvalue weighted by Crippen LogP contribution is 2.33. The van der Waals surface area contributed by atoms with Gasteiger partial charge >= 0.3 is 0 Å². The van der Waals surface area contributed by atoms with Crippen molar-refractivity contribution in [1.82, 2.24) is 10.2 Å². The van der Waals surface area contributed by atoms with E-state index in [2.05, 4.69) is 17.1 Å². The molecule has 1 amide bonds. The first-order valence-electron chi connectivity index (χ1n) is 7.71. The minimum Gasteiger partial charge on any atom is -0.384 e. The lowest BCUT2D eigenvalue weighted by Gasteiger charge is -2.42. The quantitative estimate of drug-likeness (QED) is 0.864. The van der Waals surface area contributed by atoms with E-state index in [0.29, 0.717) is 18.4 Å². The van der Waals surface area contributed by atoms with Crippen LogP contribution in [0.15, 0.2) is 0 Å². The smallest absolute Gasteiger partial charge is 0.231 e. The molecular formula is C15H29ClN2O2. The van der Waals surface area contributed by atoms with E-state index in [9.17, 15) is 4.79 Å². The number of likely N-dealkylation sites (tertiary alicyclic amines) is 1. The molecule has 0 spiro atoms. The molecular weight excluding hydrogens is 276 g/mol. The number of amides is 1. The molecule has 1 N–H and O–H groups in total. The lowest BCUT2D eigenvalue weighted by Crippen LogP contribution is -2.53. The van der Waals surface area contributed by atoms with Crippen LogP contribution < -0.4 is 5.32 Å². The van der Waals surface area contributed by atoms with Crippen LogP contribution in [0.25, 0.3) is 0 Å². The van der Waals surface area contributed by atoms with Crippen molar-refractivity contribution < 1.29 is 9.53 Å². The molecule has 0 aromatic heterocycles. The van der Waals surface area contributed by atoms with Gasteiger partial charge in [0.05, 0.1) is 12.0 Å². The Bertz CT molecular complexity index is 301. The molecule has 1 unspecified atom stereocenters. The normalized spacial score (nSPS) is 25.9. The van der Waals surface area contributed by atoms with Crippen LogP contribution >= 0.6 is 12.4 Å². The third kappa shape index (κ3) is 3.86. The Hall–Kier alpha value is -0.320. The Kier molecular flexibility index (Phi) is 7.27. The van der Waals surface area contributed by atoms with Crippen molar-refractivity contribution in [3.05, 3.63) is 0 Å². The maximum Gasteiger partial charge on any atom is 0.231 e. The summed E-state index contributed by atoms with van der Waals surface area (Å²) >= 11 is 0. The van der Waals surface area contributed by atoms with Crippen molar-refractivity contribution >= 4 is 18.3 Å². The SMILES string of the molecule is CCC1CCCN(C(=O)C2(COC)CCNCC2)C1.Cl. The number of piperidine rings is 2. The molecule has 0 aromatic carbocycles. The van der Waals surface area contributed by atoms with Crippen molar-refractivity contribution in [2.24, 2.45) is 11.3 Å². The van der Waals surface area contributed by atoms with Crippen LogP contribution in [0.4, 0.5) is 0 Å². The summed E-state index contributed by atoms with van der Waals surface area (Å²) in [5, 5.41) is 3.35. The van der Waals surface area contributed by atoms with Gasteiger partial charge in [0.1, 0.15) is 0 Å². The second-order valence-corrected chi connectivity index (χ2v) is 6.13. The first-order valence-corrected chi connectivity index (χ1v) is 7.71. The number of nitrogens with zero attached hydrogens (tertiary/aromatic N) is 1. The predicted molar refractivity (Wildman–Crippen MR) is 83.3 cm³/mol. The fourth-order valence-electron chi connectivity index (χ4n) is 3.52. The maximum absolute atomic E-state index is 12.9. The van der Waals surface area contributed by atoms with Gasteiger partial charge in [-0.2, -0.15) is 0 Å². The number of rotatable bonds is 4. The van der Waals surface area contributed by atoms with Crippen LogP contribution in [-0.4, -0.2) is 50.7 Å². The molecule has 20 heavy (non-hydrogen) atoms. The fourth-order valence-corrected chi connectivity index (χ4v) is 3.52. The molecule has 0 aliphatic carbocycles. The summed E-state index contributed by atoms with van der Waals surface area (Å²) in [6, 6.07) is 0. The van der Waals surface area contributed by atoms with Crippen LogP contribution in [0, 0.1) is 11.3 Å². The molecule has 4 nitrogen and oxygen atoms in total. The standard InChI is InChI=1S/C15H28N2O2.ClH/c1-3-13-5-4-10-17(11-13)14(18)15(12-19-2)6-8-16-9-7-15;/h13,16H,3-12H2,1-2H3;1H. The second-order valence-electron chi connectivity index (χ2n) is 6.13. The van der Waals surface area contributed by atoms with E-state index >= 15 is 0 Å². The highest BCUT2D eigenvalue weighted by molar-refractivity contribution is 5.85. The zero-order chi connectivity index (χ0) is 13.7. The monoisotopic (exact) mass is 304 g/mol. The van der Waals surface area contributed by atoms with Gasteiger partial charge in [-0.15, -0.1) is 12.4 Å². The average molecular weight is 305 g/mol. The van der Waals surface area contributed by atoms with Gasteiger partial charge in [0.25, 0.3) is 0 Å². The number of hydrogen-bond donors (Lipinski definition) is 1. The molecule has 118 valence electrons. The Morgan fingerprint density at radius 3 is 2.70 bits per heavy atom. The Morgan fingerprint density at radius 2 is 2.10 bits per heavy atom. The Labute approximate surface area is 129 Å². The van der Waals surface area contributed by atoms with Crippen LogP contribution in [0.5, 0.6) is 0 Å². The third-order valence-corrected chi connectivity index (χ3v) is 4.82. The van der Waals surface area contributed by atoms with Crippen LogP contribution in [0.2, 0.25) is 0 Å². The van der Waals surface area contributed by atoms with Crippen LogP contribution in [-0.2, 0) is 9.53 Å². The van der Waals surface area contributed by atoms with Gasteiger partial charge in [0.15, 0.2) is 0 Å². The maximum atomic E-state index is 12.9. The minimum absolute atomic E-state index is 0. The number of methoxy groups -OCH3 is 1. The van der Waals surface area contributed by atoms with Gasteiger partial charge in [0, 0.05) is 20.2 Å². The summed E-state index contributed by atoms with van der Waals surface area (Å²) in [7, 11) is 1.71. The molecule has 0 saturated carbocycles. The summed E-state index contributed by atoms with van der Waals surface area (Å²) in [6.45, 7) is 6.55. The minimum atomic E-state index is -0.268. The number of halogens is 1. The molecule has 2 aliphatic rings. The van der Waals surface area contributed by atoms with Crippen LogP contribution in [0.1, 0.15) is 39.0 Å². The molecule has 2 saturated heterocycles. The zero-order valence-electron chi connectivity index (χ0n) is 12.8. The van der Waals surface area contributed by atoms with E-state index in [-0.39, 0.29) is 17.8 Å². The fraction of sp³-hybridized carbons (Fsp3) is 0.933. The lowest BCUT2D eigenvalue weighted by atomic mass is 9.77. The molecule has 1 atom stereocenters. The topological polar surface area (TPSA) is 41.6 Å². The zero-order valence-corrected chi connectivity index (χ0v) is 13.6. The van der Waals surface area contributed by atoms with Crippen LogP contribution in [0.3, 0.4) is 0 Å². The van der Waals surface area contributed by atoms with Crippen molar-refractivity contribution in [3.8, 4) is 0 Å². The molecule has 2 aliphatic heterocycles. The number of ether oxygens (including phenoxy) is 1. The first-order chi connectivity index (χ1) is 9.22. The van der Waals surface area contributed by atoms with E-state index in [0.717, 1.165) is 45.4 Å². The molecule has 2 rings (SSSR count). The van der Waals surface area contributed by atoms with Gasteiger partial charge in [-0.1, -0.05) is 13.3 Å². The number of carbonyl (C=O) groups excluding carboxylic acids is 1. The number of carbonyl (C=O) groups is 1. The number of nitrogens with one attached hydrogen (secondary N) is 1. The van der Waals surface area contributed by atoms with Gasteiger partial charge in [-0.3, -0.25) is 4.79 Å². The second kappa shape index (κ2) is 8.20. The van der Waals surface area contributed by atoms with E-state index in [1.807, 2.05) is 0 Å².